The lowest BCUT2D eigenvalue weighted by molar-refractivity contribution is -0.124. The molecular weight excluding hydrogens is 163 g/mol. The van der Waals surface area contributed by atoms with Crippen molar-refractivity contribution in [3.63, 3.8) is 0 Å². The van der Waals surface area contributed by atoms with Gasteiger partial charge in [0.25, 0.3) is 5.91 Å². The van der Waals surface area contributed by atoms with Crippen LogP contribution in [0.15, 0.2) is 11.4 Å². The second-order valence-electron chi connectivity index (χ2n) is 1.52. The zero-order valence-corrected chi connectivity index (χ0v) is 5.91. The van der Waals surface area contributed by atoms with E-state index in [2.05, 4.69) is 5.32 Å². The molecular formula is C4H4Cl2N2O. The topological polar surface area (TPSA) is 32.3 Å². The van der Waals surface area contributed by atoms with E-state index in [4.69, 9.17) is 23.4 Å². The van der Waals surface area contributed by atoms with Gasteiger partial charge in [0.1, 0.15) is 5.16 Å². The number of rotatable bonds is 0. The Morgan fingerprint density at radius 1 is 1.78 bits per heavy atom. The summed E-state index contributed by atoms with van der Waals surface area (Å²) >= 11 is 10.8. The summed E-state index contributed by atoms with van der Waals surface area (Å²) in [5.41, 5.74) is 0. The minimum absolute atomic E-state index is 0.202. The van der Waals surface area contributed by atoms with Gasteiger partial charge >= 0.3 is 0 Å². The first-order chi connectivity index (χ1) is 4.22. The van der Waals surface area contributed by atoms with Crippen molar-refractivity contribution in [3.05, 3.63) is 11.4 Å². The summed E-state index contributed by atoms with van der Waals surface area (Å²) in [6.45, 7) is 0.208. The Hall–Kier alpha value is -0.410. The molecule has 0 saturated heterocycles. The van der Waals surface area contributed by atoms with Crippen LogP contribution in [0, 0.1) is 0 Å². The quantitative estimate of drug-likeness (QED) is 0.423. The average molecular weight is 167 g/mol. The SMILES string of the molecule is O=C1CNC=C(Cl)N1Cl. The second kappa shape index (κ2) is 2.45. The molecule has 9 heavy (non-hydrogen) atoms. The highest BCUT2D eigenvalue weighted by Gasteiger charge is 2.17. The normalized spacial score (nSPS) is 19.1. The summed E-state index contributed by atoms with van der Waals surface area (Å²) in [4.78, 5) is 10.6. The van der Waals surface area contributed by atoms with Crippen LogP contribution in [0.2, 0.25) is 0 Å². The fourth-order valence-electron chi connectivity index (χ4n) is 0.468. The highest BCUT2D eigenvalue weighted by molar-refractivity contribution is 6.36. The van der Waals surface area contributed by atoms with E-state index >= 15 is 0 Å². The number of halogens is 2. The Bertz CT molecular complexity index is 168. The lowest BCUT2D eigenvalue weighted by Gasteiger charge is -2.16. The maximum absolute atomic E-state index is 10.6. The van der Waals surface area contributed by atoms with Crippen LogP contribution in [0.3, 0.4) is 0 Å². The van der Waals surface area contributed by atoms with Crippen molar-refractivity contribution in [2.45, 2.75) is 0 Å². The predicted octanol–water partition coefficient (Wildman–Crippen LogP) is 0.610. The molecule has 0 atom stereocenters. The Balaban J connectivity index is 2.74. The van der Waals surface area contributed by atoms with E-state index in [0.29, 0.717) is 0 Å². The first-order valence-corrected chi connectivity index (χ1v) is 3.01. The van der Waals surface area contributed by atoms with Gasteiger partial charge in [-0.2, -0.15) is 0 Å². The van der Waals surface area contributed by atoms with Crippen molar-refractivity contribution in [1.82, 2.24) is 9.74 Å². The zero-order chi connectivity index (χ0) is 6.85. The third kappa shape index (κ3) is 1.28. The summed E-state index contributed by atoms with van der Waals surface area (Å²) in [7, 11) is 0. The summed E-state index contributed by atoms with van der Waals surface area (Å²) in [5, 5.41) is 2.85. The monoisotopic (exact) mass is 166 g/mol. The molecule has 0 spiro atoms. The van der Waals surface area contributed by atoms with Gasteiger partial charge in [-0.3, -0.25) is 4.79 Å². The maximum atomic E-state index is 10.6. The largest absolute Gasteiger partial charge is 0.380 e. The van der Waals surface area contributed by atoms with Crippen molar-refractivity contribution >= 4 is 29.3 Å². The predicted molar refractivity (Wildman–Crippen MR) is 34.6 cm³/mol. The molecule has 0 aromatic heterocycles. The second-order valence-corrected chi connectivity index (χ2v) is 2.25. The molecule has 0 unspecified atom stereocenters. The maximum Gasteiger partial charge on any atom is 0.261 e. The summed E-state index contributed by atoms with van der Waals surface area (Å²) in [5.74, 6) is -0.246. The minimum Gasteiger partial charge on any atom is -0.380 e. The van der Waals surface area contributed by atoms with Crippen LogP contribution in [0.25, 0.3) is 0 Å². The molecule has 1 N–H and O–H groups in total. The Morgan fingerprint density at radius 2 is 2.44 bits per heavy atom. The van der Waals surface area contributed by atoms with Gasteiger partial charge < -0.3 is 5.32 Å². The van der Waals surface area contributed by atoms with Crippen molar-refractivity contribution in [2.75, 3.05) is 6.54 Å². The van der Waals surface area contributed by atoms with Gasteiger partial charge in [-0.25, -0.2) is 4.42 Å². The van der Waals surface area contributed by atoms with Crippen LogP contribution < -0.4 is 5.32 Å². The van der Waals surface area contributed by atoms with Crippen LogP contribution in [0.4, 0.5) is 0 Å². The summed E-state index contributed by atoms with van der Waals surface area (Å²) in [6.07, 6.45) is 1.47. The first-order valence-electron chi connectivity index (χ1n) is 2.29. The summed E-state index contributed by atoms with van der Waals surface area (Å²) < 4.78 is 0.873. The van der Waals surface area contributed by atoms with Crippen molar-refractivity contribution in [1.29, 1.82) is 0 Å². The van der Waals surface area contributed by atoms with Crippen LogP contribution in [-0.2, 0) is 4.79 Å². The fourth-order valence-corrected chi connectivity index (χ4v) is 0.748. The number of amides is 1. The summed E-state index contributed by atoms with van der Waals surface area (Å²) in [6, 6.07) is 0. The number of hydrogen-bond acceptors (Lipinski definition) is 2. The molecule has 1 amide bonds. The fraction of sp³-hybridized carbons (Fsp3) is 0.250. The molecule has 1 aliphatic heterocycles. The molecule has 0 saturated carbocycles. The van der Waals surface area contributed by atoms with E-state index in [1.807, 2.05) is 0 Å². The van der Waals surface area contributed by atoms with Gasteiger partial charge in [0.2, 0.25) is 0 Å². The molecule has 0 radical (unpaired) electrons. The van der Waals surface area contributed by atoms with E-state index in [-0.39, 0.29) is 17.6 Å². The Morgan fingerprint density at radius 3 is 2.89 bits per heavy atom. The first kappa shape index (κ1) is 6.71. The Kier molecular flexibility index (Phi) is 1.83. The molecule has 1 rings (SSSR count). The molecule has 0 aromatic carbocycles. The molecule has 3 nitrogen and oxygen atoms in total. The van der Waals surface area contributed by atoms with E-state index < -0.39 is 0 Å². The molecule has 0 fully saturated rings. The van der Waals surface area contributed by atoms with Gasteiger partial charge in [0, 0.05) is 18.0 Å². The van der Waals surface area contributed by atoms with Crippen LogP contribution >= 0.6 is 23.4 Å². The van der Waals surface area contributed by atoms with Gasteiger partial charge in [-0.1, -0.05) is 11.6 Å². The number of carbonyl (C=O) groups is 1. The third-order valence-electron chi connectivity index (χ3n) is 0.881. The third-order valence-corrected chi connectivity index (χ3v) is 1.62. The molecule has 0 aliphatic carbocycles. The molecule has 1 heterocycles. The minimum atomic E-state index is -0.246. The molecule has 0 bridgehead atoms. The molecule has 50 valence electrons. The highest BCUT2D eigenvalue weighted by Crippen LogP contribution is 2.13. The lowest BCUT2D eigenvalue weighted by Crippen LogP contribution is -2.33. The zero-order valence-electron chi connectivity index (χ0n) is 4.40. The van der Waals surface area contributed by atoms with Gasteiger partial charge in [0.05, 0.1) is 6.54 Å². The van der Waals surface area contributed by atoms with Crippen molar-refractivity contribution in [2.24, 2.45) is 0 Å². The molecule has 5 heteroatoms. The van der Waals surface area contributed by atoms with Gasteiger partial charge in [-0.05, 0) is 0 Å². The van der Waals surface area contributed by atoms with Crippen LogP contribution in [-0.4, -0.2) is 16.9 Å². The average Bonchev–Trinajstić information content (AvgIpc) is 1.83. The number of hydrogen-bond donors (Lipinski definition) is 1. The molecule has 1 aliphatic rings. The van der Waals surface area contributed by atoms with Crippen LogP contribution in [0.1, 0.15) is 0 Å². The smallest absolute Gasteiger partial charge is 0.261 e. The van der Waals surface area contributed by atoms with E-state index in [1.54, 1.807) is 0 Å². The highest BCUT2D eigenvalue weighted by atomic mass is 35.5. The number of nitrogens with one attached hydrogen (secondary N) is 1. The standard InChI is InChI=1S/C4H4Cl2N2O/c5-3-1-7-2-4(9)8(3)6/h1,7H,2H2. The molecule has 0 aromatic rings. The number of nitrogens with zero attached hydrogens (tertiary/aromatic N) is 1. The van der Waals surface area contributed by atoms with Gasteiger partial charge in [0.15, 0.2) is 0 Å². The van der Waals surface area contributed by atoms with E-state index in [9.17, 15) is 4.79 Å². The van der Waals surface area contributed by atoms with Crippen molar-refractivity contribution in [3.8, 4) is 0 Å². The van der Waals surface area contributed by atoms with Gasteiger partial charge in [-0.15, -0.1) is 0 Å². The number of carbonyl (C=O) groups excluding carboxylic acids is 1. The van der Waals surface area contributed by atoms with Crippen LogP contribution in [0.5, 0.6) is 0 Å². The van der Waals surface area contributed by atoms with E-state index in [1.165, 1.54) is 6.20 Å². The van der Waals surface area contributed by atoms with E-state index in [0.717, 1.165) is 4.42 Å². The lowest BCUT2D eigenvalue weighted by atomic mass is 10.5. The Labute approximate surface area is 62.3 Å². The van der Waals surface area contributed by atoms with Crippen molar-refractivity contribution < 1.29 is 4.79 Å².